The topological polar surface area (TPSA) is 49.4 Å². The predicted molar refractivity (Wildman–Crippen MR) is 109 cm³/mol. The smallest absolute Gasteiger partial charge is 0.209 e. The summed E-state index contributed by atoms with van der Waals surface area (Å²) in [4.78, 5) is 2.23. The first-order valence-electron chi connectivity index (χ1n) is 7.55. The molecule has 153 valence electrons. The molecule has 0 aromatic heterocycles. The van der Waals surface area contributed by atoms with Crippen LogP contribution in [0.4, 0.5) is 4.39 Å². The minimum absolute atomic E-state index is 0. The van der Waals surface area contributed by atoms with Crippen molar-refractivity contribution in [2.24, 2.45) is 0 Å². The minimum atomic E-state index is -3.01. The van der Waals surface area contributed by atoms with Crippen LogP contribution in [-0.4, -0.2) is 44.7 Å². The summed E-state index contributed by atoms with van der Waals surface area (Å²) in [7, 11) is -3.01. The van der Waals surface area contributed by atoms with Crippen LogP contribution in [0.25, 0.3) is 0 Å². The molecule has 0 amide bonds. The second-order valence-corrected chi connectivity index (χ2v) is 8.12. The summed E-state index contributed by atoms with van der Waals surface area (Å²) >= 11 is 0. The van der Waals surface area contributed by atoms with Gasteiger partial charge in [-0.1, -0.05) is 48.3 Å². The SMILES string of the molecule is C.C.C.CC(C)N1CC(NS(C)(=O)=O)C1.CC(C)c1ccc(F)cc1.[Y]. The van der Waals surface area contributed by atoms with Crippen molar-refractivity contribution in [3.05, 3.63) is 35.6 Å². The van der Waals surface area contributed by atoms with Gasteiger partial charge in [0.15, 0.2) is 0 Å². The fraction of sp³-hybridized carbons (Fsp3) is 0.684. The Morgan fingerprint density at radius 1 is 1.04 bits per heavy atom. The number of nitrogens with zero attached hydrogens (tertiary/aromatic N) is 1. The Labute approximate surface area is 187 Å². The third-order valence-electron chi connectivity index (χ3n) is 3.56. The van der Waals surface area contributed by atoms with Crippen molar-refractivity contribution in [3.8, 4) is 0 Å². The molecule has 26 heavy (non-hydrogen) atoms. The third kappa shape index (κ3) is 13.3. The van der Waals surface area contributed by atoms with Gasteiger partial charge in [-0.15, -0.1) is 0 Å². The summed E-state index contributed by atoms with van der Waals surface area (Å²) in [5.41, 5.74) is 1.18. The predicted octanol–water partition coefficient (Wildman–Crippen LogP) is 4.48. The number of sulfonamides is 1. The van der Waals surface area contributed by atoms with Crippen molar-refractivity contribution in [2.75, 3.05) is 19.3 Å². The Morgan fingerprint density at radius 3 is 1.77 bits per heavy atom. The van der Waals surface area contributed by atoms with Crippen molar-refractivity contribution >= 4 is 10.0 Å². The molecule has 0 spiro atoms. The number of benzene rings is 1. The van der Waals surface area contributed by atoms with Crippen LogP contribution in [0.3, 0.4) is 0 Å². The second-order valence-electron chi connectivity index (χ2n) is 6.34. The van der Waals surface area contributed by atoms with Crippen LogP contribution < -0.4 is 4.72 Å². The average molecular weight is 468 g/mol. The molecule has 1 aliphatic rings. The summed E-state index contributed by atoms with van der Waals surface area (Å²) in [5.74, 6) is 0.324. The van der Waals surface area contributed by atoms with E-state index >= 15 is 0 Å². The molecular formula is C19H39FN2O2SY. The summed E-state index contributed by atoms with van der Waals surface area (Å²) in [6.07, 6.45) is 1.20. The number of hydrogen-bond acceptors (Lipinski definition) is 3. The Bertz CT molecular complexity index is 557. The van der Waals surface area contributed by atoms with Crippen molar-refractivity contribution in [2.45, 2.75) is 68.0 Å². The molecule has 1 heterocycles. The van der Waals surface area contributed by atoms with E-state index in [9.17, 15) is 12.8 Å². The fourth-order valence-electron chi connectivity index (χ4n) is 2.16. The van der Waals surface area contributed by atoms with E-state index < -0.39 is 10.0 Å². The largest absolute Gasteiger partial charge is 0.298 e. The molecule has 0 unspecified atom stereocenters. The fourth-order valence-corrected chi connectivity index (χ4v) is 2.91. The van der Waals surface area contributed by atoms with Crippen LogP contribution in [-0.2, 0) is 42.7 Å². The molecule has 1 N–H and O–H groups in total. The molecule has 1 fully saturated rings. The maximum absolute atomic E-state index is 12.4. The van der Waals surface area contributed by atoms with E-state index in [4.69, 9.17) is 0 Å². The normalized spacial score (nSPS) is 13.8. The number of hydrogen-bond donors (Lipinski definition) is 1. The van der Waals surface area contributed by atoms with Gasteiger partial charge in [-0.25, -0.2) is 17.5 Å². The Kier molecular flexibility index (Phi) is 19.6. The van der Waals surface area contributed by atoms with Gasteiger partial charge in [-0.3, -0.25) is 4.90 Å². The van der Waals surface area contributed by atoms with Gasteiger partial charge in [0.25, 0.3) is 0 Å². The van der Waals surface area contributed by atoms with E-state index in [2.05, 4.69) is 37.3 Å². The number of nitrogens with one attached hydrogen (secondary N) is 1. The molecule has 1 saturated heterocycles. The maximum Gasteiger partial charge on any atom is 0.209 e. The van der Waals surface area contributed by atoms with E-state index in [0.29, 0.717) is 12.0 Å². The van der Waals surface area contributed by atoms with Crippen LogP contribution in [0.5, 0.6) is 0 Å². The average Bonchev–Trinajstić information content (AvgIpc) is 2.33. The van der Waals surface area contributed by atoms with Gasteiger partial charge in [-0.2, -0.15) is 0 Å². The molecule has 7 heteroatoms. The van der Waals surface area contributed by atoms with Gasteiger partial charge >= 0.3 is 0 Å². The van der Waals surface area contributed by atoms with Gasteiger partial charge in [0.05, 0.1) is 6.26 Å². The zero-order valence-corrected chi connectivity index (χ0v) is 18.2. The van der Waals surface area contributed by atoms with Gasteiger partial charge in [-0.05, 0) is 37.5 Å². The summed E-state index contributed by atoms with van der Waals surface area (Å²) in [6.45, 7) is 10.1. The van der Waals surface area contributed by atoms with Gasteiger partial charge in [0, 0.05) is 57.9 Å². The molecular weight excluding hydrogens is 428 g/mol. The molecule has 0 saturated carbocycles. The summed E-state index contributed by atoms with van der Waals surface area (Å²) in [5, 5.41) is 0. The Morgan fingerprint density at radius 2 is 1.46 bits per heavy atom. The molecule has 0 bridgehead atoms. The Hall–Kier alpha value is 0.124. The maximum atomic E-state index is 12.4. The quantitative estimate of drug-likeness (QED) is 0.710. The zero-order valence-electron chi connectivity index (χ0n) is 14.6. The van der Waals surface area contributed by atoms with E-state index in [-0.39, 0.29) is 66.8 Å². The number of likely N-dealkylation sites (tertiary alicyclic amines) is 1. The molecule has 1 aromatic carbocycles. The summed E-state index contributed by atoms with van der Waals surface area (Å²) < 4.78 is 36.5. The van der Waals surface area contributed by atoms with Gasteiger partial charge < -0.3 is 0 Å². The Balaban J connectivity index is -0.000000163. The molecule has 1 radical (unpaired) electrons. The van der Waals surface area contributed by atoms with Crippen LogP contribution in [0.15, 0.2) is 24.3 Å². The first kappa shape index (κ1) is 33.7. The van der Waals surface area contributed by atoms with Crippen molar-refractivity contribution in [1.29, 1.82) is 0 Å². The van der Waals surface area contributed by atoms with E-state index in [1.165, 1.54) is 24.0 Å². The monoisotopic (exact) mass is 467 g/mol. The number of halogens is 1. The first-order valence-corrected chi connectivity index (χ1v) is 9.44. The van der Waals surface area contributed by atoms with E-state index in [1.807, 2.05) is 12.1 Å². The third-order valence-corrected chi connectivity index (χ3v) is 4.32. The molecule has 1 aromatic rings. The standard InChI is InChI=1S/C9H11F.C7H16N2O2S.3CH4.Y/c1-7(2)8-3-5-9(10)6-4-8;1-6(2)9-4-7(5-9)8-12(3,10)11;;;;/h3-7H,1-2H3;6-8H,4-5H2,1-3H3;3*1H4;. The second kappa shape index (κ2) is 15.1. The van der Waals surface area contributed by atoms with Crippen molar-refractivity contribution in [3.63, 3.8) is 0 Å². The van der Waals surface area contributed by atoms with E-state index in [1.54, 1.807) is 0 Å². The number of rotatable bonds is 4. The van der Waals surface area contributed by atoms with Crippen LogP contribution in [0.1, 0.15) is 61.5 Å². The van der Waals surface area contributed by atoms with Crippen LogP contribution in [0, 0.1) is 5.82 Å². The molecule has 0 atom stereocenters. The zero-order chi connectivity index (χ0) is 16.9. The van der Waals surface area contributed by atoms with Gasteiger partial charge in [0.1, 0.15) is 5.82 Å². The van der Waals surface area contributed by atoms with E-state index in [0.717, 1.165) is 13.1 Å². The van der Waals surface area contributed by atoms with Gasteiger partial charge in [0.2, 0.25) is 10.0 Å². The first-order chi connectivity index (χ1) is 10.1. The summed E-state index contributed by atoms with van der Waals surface area (Å²) in [6, 6.07) is 7.27. The van der Waals surface area contributed by atoms with Crippen LogP contribution >= 0.6 is 0 Å². The van der Waals surface area contributed by atoms with Crippen LogP contribution in [0.2, 0.25) is 0 Å². The minimum Gasteiger partial charge on any atom is -0.298 e. The molecule has 2 rings (SSSR count). The molecule has 1 aliphatic heterocycles. The van der Waals surface area contributed by atoms with Crippen molar-refractivity contribution in [1.82, 2.24) is 9.62 Å². The van der Waals surface area contributed by atoms with Crippen molar-refractivity contribution < 1.29 is 45.5 Å². The molecule has 0 aliphatic carbocycles. The molecule has 4 nitrogen and oxygen atoms in total.